The topological polar surface area (TPSA) is 81.5 Å². The van der Waals surface area contributed by atoms with Crippen molar-refractivity contribution in [3.8, 4) is 0 Å². The number of hydroxylamine groups is 1. The van der Waals surface area contributed by atoms with Crippen LogP contribution in [0.15, 0.2) is 0 Å². The van der Waals surface area contributed by atoms with Crippen LogP contribution >= 0.6 is 0 Å². The Morgan fingerprint density at radius 2 is 1.73 bits per heavy atom. The molecule has 0 rings (SSSR count). The van der Waals surface area contributed by atoms with Crippen LogP contribution in [0.5, 0.6) is 0 Å². The average Bonchev–Trinajstić information content (AvgIpc) is 1.90. The van der Waals surface area contributed by atoms with Gasteiger partial charge in [-0.15, -0.1) is 11.7 Å². The molecule has 0 aromatic heterocycles. The molecular weight excluding hydrogens is 146 g/mol. The second kappa shape index (κ2) is 3.46. The van der Waals surface area contributed by atoms with Gasteiger partial charge in [-0.3, -0.25) is 0 Å². The third-order valence-electron chi connectivity index (χ3n) is 2.14. The van der Waals surface area contributed by atoms with Crippen LogP contribution in [0.4, 0.5) is 0 Å². The van der Waals surface area contributed by atoms with E-state index in [0.717, 1.165) is 0 Å². The highest BCUT2D eigenvalue weighted by atomic mass is 16.7. The number of quaternary nitrogens is 1. The standard InChI is InChI=1S/C6H18N3O2/c1-4-6(5-2,11-3)9(7,8)10/h10H,4-5,7-8H2,1-3H3/q+1. The third-order valence-corrected chi connectivity index (χ3v) is 2.14. The number of rotatable bonds is 4. The quantitative estimate of drug-likeness (QED) is 0.238. The first-order valence-electron chi connectivity index (χ1n) is 3.67. The van der Waals surface area contributed by atoms with Gasteiger partial charge in [0.25, 0.3) is 5.72 Å². The smallest absolute Gasteiger partial charge is 0.269 e. The summed E-state index contributed by atoms with van der Waals surface area (Å²) in [6, 6.07) is 0. The van der Waals surface area contributed by atoms with E-state index >= 15 is 0 Å². The van der Waals surface area contributed by atoms with E-state index < -0.39 is 10.6 Å². The second-order valence-corrected chi connectivity index (χ2v) is 2.60. The summed E-state index contributed by atoms with van der Waals surface area (Å²) in [5, 5.41) is 9.30. The highest BCUT2D eigenvalue weighted by Gasteiger charge is 2.46. The number of methoxy groups -OCH3 is 1. The fourth-order valence-corrected chi connectivity index (χ4v) is 1.19. The minimum atomic E-state index is -1.13. The van der Waals surface area contributed by atoms with Gasteiger partial charge in [0, 0.05) is 20.0 Å². The van der Waals surface area contributed by atoms with Crippen molar-refractivity contribution in [2.75, 3.05) is 7.11 Å². The van der Waals surface area contributed by atoms with E-state index in [-0.39, 0.29) is 0 Å². The summed E-state index contributed by atoms with van der Waals surface area (Å²) in [6.45, 7) is 3.71. The van der Waals surface area contributed by atoms with Crippen molar-refractivity contribution < 1.29 is 14.8 Å². The summed E-state index contributed by atoms with van der Waals surface area (Å²) in [4.78, 5) is -1.13. The Kier molecular flexibility index (Phi) is 3.40. The van der Waals surface area contributed by atoms with Crippen molar-refractivity contribution in [3.05, 3.63) is 0 Å². The second-order valence-electron chi connectivity index (χ2n) is 2.60. The highest BCUT2D eigenvalue weighted by Crippen LogP contribution is 2.23. The summed E-state index contributed by atoms with van der Waals surface area (Å²) in [5.74, 6) is 10.6. The largest absolute Gasteiger partial charge is 0.325 e. The monoisotopic (exact) mass is 164 g/mol. The SMILES string of the molecule is CCC(CC)(OC)[N+](N)(N)O. The molecule has 0 spiro atoms. The van der Waals surface area contributed by atoms with E-state index in [1.807, 2.05) is 13.8 Å². The molecule has 0 unspecified atom stereocenters. The molecule has 0 bridgehead atoms. The molecule has 5 N–H and O–H groups in total. The van der Waals surface area contributed by atoms with Crippen molar-refractivity contribution in [2.45, 2.75) is 32.4 Å². The van der Waals surface area contributed by atoms with Gasteiger partial charge in [0.05, 0.1) is 0 Å². The van der Waals surface area contributed by atoms with E-state index in [1.165, 1.54) is 7.11 Å². The first-order valence-corrected chi connectivity index (χ1v) is 3.67. The Bertz CT molecular complexity index is 109. The van der Waals surface area contributed by atoms with Crippen molar-refractivity contribution in [1.29, 1.82) is 0 Å². The summed E-state index contributed by atoms with van der Waals surface area (Å²) in [7, 11) is 1.48. The maximum Gasteiger partial charge on any atom is 0.269 e. The normalized spacial score (nSPS) is 13.6. The van der Waals surface area contributed by atoms with Crippen LogP contribution in [-0.2, 0) is 4.74 Å². The zero-order valence-corrected chi connectivity index (χ0v) is 7.37. The van der Waals surface area contributed by atoms with Crippen LogP contribution in [0.2, 0.25) is 0 Å². The Balaban J connectivity index is 4.54. The van der Waals surface area contributed by atoms with E-state index in [1.54, 1.807) is 0 Å². The molecule has 0 amide bonds. The molecular formula is C6H18N3O2+. The fourth-order valence-electron chi connectivity index (χ4n) is 1.19. The van der Waals surface area contributed by atoms with Crippen molar-refractivity contribution in [3.63, 3.8) is 0 Å². The Hall–Kier alpha value is -0.200. The summed E-state index contributed by atoms with van der Waals surface area (Å²) in [6.07, 6.45) is 1.12. The Morgan fingerprint density at radius 3 is 1.73 bits per heavy atom. The molecule has 0 aromatic carbocycles. The molecule has 0 saturated carbocycles. The molecule has 0 aromatic rings. The maximum atomic E-state index is 9.30. The molecule has 0 fully saturated rings. The summed E-state index contributed by atoms with van der Waals surface area (Å²) in [5.41, 5.74) is -0.889. The number of nitrogens with two attached hydrogens (primary N) is 2. The molecule has 0 saturated heterocycles. The zero-order valence-electron chi connectivity index (χ0n) is 7.37. The van der Waals surface area contributed by atoms with Gasteiger partial charge in [0.2, 0.25) is 0 Å². The van der Waals surface area contributed by atoms with Crippen LogP contribution in [0.3, 0.4) is 0 Å². The minimum absolute atomic E-state index is 0.559. The van der Waals surface area contributed by atoms with Gasteiger partial charge in [-0.2, -0.15) is 5.21 Å². The first-order chi connectivity index (χ1) is 4.93. The van der Waals surface area contributed by atoms with E-state index in [4.69, 9.17) is 16.4 Å². The molecule has 0 radical (unpaired) electrons. The average molecular weight is 164 g/mol. The molecule has 5 nitrogen and oxygen atoms in total. The molecule has 0 aliphatic rings. The van der Waals surface area contributed by atoms with Crippen molar-refractivity contribution in [1.82, 2.24) is 0 Å². The van der Waals surface area contributed by atoms with Gasteiger partial charge in [-0.1, -0.05) is 13.8 Å². The van der Waals surface area contributed by atoms with Crippen LogP contribution < -0.4 is 11.7 Å². The molecule has 0 heterocycles. The maximum absolute atomic E-state index is 9.30. The summed E-state index contributed by atoms with van der Waals surface area (Å²) >= 11 is 0. The third kappa shape index (κ3) is 1.88. The molecule has 0 aliphatic heterocycles. The lowest BCUT2D eigenvalue weighted by Gasteiger charge is -2.36. The van der Waals surface area contributed by atoms with Gasteiger partial charge in [0.15, 0.2) is 0 Å². The van der Waals surface area contributed by atoms with E-state index in [2.05, 4.69) is 0 Å². The lowest BCUT2D eigenvalue weighted by atomic mass is 10.1. The van der Waals surface area contributed by atoms with Crippen molar-refractivity contribution >= 4 is 0 Å². The van der Waals surface area contributed by atoms with Gasteiger partial charge in [-0.25, -0.2) is 0 Å². The first kappa shape index (κ1) is 10.8. The van der Waals surface area contributed by atoms with Gasteiger partial charge in [0.1, 0.15) is 0 Å². The van der Waals surface area contributed by atoms with E-state index in [9.17, 15) is 5.21 Å². The molecule has 5 heteroatoms. The summed E-state index contributed by atoms with van der Waals surface area (Å²) < 4.78 is 5.07. The van der Waals surface area contributed by atoms with Crippen LogP contribution in [0.1, 0.15) is 26.7 Å². The van der Waals surface area contributed by atoms with Crippen LogP contribution in [-0.4, -0.2) is 22.9 Å². The van der Waals surface area contributed by atoms with Crippen LogP contribution in [0, 0.1) is 0 Å². The number of nitrogens with zero attached hydrogens (tertiary/aromatic N) is 1. The number of hydrogen-bond donors (Lipinski definition) is 3. The predicted octanol–water partition coefficient (Wildman–Crippen LogP) is 0.103. The van der Waals surface area contributed by atoms with Crippen molar-refractivity contribution in [2.24, 2.45) is 11.7 Å². The Labute approximate surface area is 67.0 Å². The van der Waals surface area contributed by atoms with Gasteiger partial charge < -0.3 is 4.74 Å². The molecule has 0 aliphatic carbocycles. The highest BCUT2D eigenvalue weighted by molar-refractivity contribution is 4.61. The molecule has 0 atom stereocenters. The van der Waals surface area contributed by atoms with Crippen LogP contribution in [0.25, 0.3) is 0 Å². The molecule has 68 valence electrons. The van der Waals surface area contributed by atoms with Gasteiger partial charge >= 0.3 is 0 Å². The lowest BCUT2D eigenvalue weighted by Crippen LogP contribution is -2.72. The predicted molar refractivity (Wildman–Crippen MR) is 40.7 cm³/mol. The van der Waals surface area contributed by atoms with E-state index in [0.29, 0.717) is 12.8 Å². The number of ether oxygens (including phenoxy) is 1. The zero-order chi connectivity index (χ0) is 9.12. The lowest BCUT2D eigenvalue weighted by molar-refractivity contribution is -1.17. The fraction of sp³-hybridized carbons (Fsp3) is 1.00. The minimum Gasteiger partial charge on any atom is -0.325 e. The van der Waals surface area contributed by atoms with Gasteiger partial charge in [-0.05, 0) is 4.86 Å². The number of hydrogen-bond acceptors (Lipinski definition) is 4. The molecule has 11 heavy (non-hydrogen) atoms. The Morgan fingerprint density at radius 1 is 1.36 bits per heavy atom.